The molecule has 1 amide bonds. The molecule has 0 heterocycles. The zero-order chi connectivity index (χ0) is 15.0. The Hall–Kier alpha value is -2.56. The highest BCUT2D eigenvalue weighted by molar-refractivity contribution is 5.93. The number of hydrogen-bond donors (Lipinski definition) is 3. The van der Waals surface area contributed by atoms with Crippen molar-refractivity contribution in [1.29, 1.82) is 0 Å². The molecule has 1 atom stereocenters. The number of anilines is 2. The molecule has 0 aliphatic heterocycles. The van der Waals surface area contributed by atoms with Crippen LogP contribution in [0.15, 0.2) is 36.4 Å². The normalized spacial score (nSPS) is 16.5. The van der Waals surface area contributed by atoms with Crippen LogP contribution in [-0.2, 0) is 6.42 Å². The highest BCUT2D eigenvalue weighted by Crippen LogP contribution is 2.35. The number of rotatable bonds is 3. The van der Waals surface area contributed by atoms with Crippen LogP contribution >= 0.6 is 0 Å². The molecule has 5 N–H and O–H groups in total. The van der Waals surface area contributed by atoms with E-state index >= 15 is 0 Å². The van der Waals surface area contributed by atoms with Gasteiger partial charge >= 0.3 is 0 Å². The zero-order valence-electron chi connectivity index (χ0n) is 11.4. The van der Waals surface area contributed by atoms with Crippen LogP contribution in [0, 0.1) is 5.82 Å². The Bertz CT molecular complexity index is 715. The topological polar surface area (TPSA) is 81.1 Å². The lowest BCUT2D eigenvalue weighted by molar-refractivity contribution is 0.1000. The van der Waals surface area contributed by atoms with E-state index in [1.165, 1.54) is 11.6 Å². The van der Waals surface area contributed by atoms with Crippen LogP contribution in [0.25, 0.3) is 0 Å². The number of carbonyl (C=O) groups is 1. The Morgan fingerprint density at radius 2 is 2.05 bits per heavy atom. The molecule has 0 saturated carbocycles. The smallest absolute Gasteiger partial charge is 0.248 e. The number of carbonyl (C=O) groups excluding carboxylic acids is 1. The summed E-state index contributed by atoms with van der Waals surface area (Å²) >= 11 is 0. The molecule has 1 unspecified atom stereocenters. The van der Waals surface area contributed by atoms with Crippen molar-refractivity contribution in [2.75, 3.05) is 11.1 Å². The highest BCUT2D eigenvalue weighted by Gasteiger charge is 2.23. The molecule has 3 rings (SSSR count). The number of amides is 1. The summed E-state index contributed by atoms with van der Waals surface area (Å²) in [5.74, 6) is -1.11. The number of nitrogens with two attached hydrogens (primary N) is 2. The van der Waals surface area contributed by atoms with E-state index in [9.17, 15) is 9.18 Å². The summed E-state index contributed by atoms with van der Waals surface area (Å²) in [6, 6.07) is 10.1. The lowest BCUT2D eigenvalue weighted by Crippen LogP contribution is -2.13. The lowest BCUT2D eigenvalue weighted by Gasteiger charge is -2.16. The number of halogens is 1. The van der Waals surface area contributed by atoms with E-state index in [1.54, 1.807) is 6.07 Å². The molecule has 108 valence electrons. The van der Waals surface area contributed by atoms with Crippen LogP contribution in [-0.4, -0.2) is 5.91 Å². The van der Waals surface area contributed by atoms with Gasteiger partial charge in [0.15, 0.2) is 0 Å². The zero-order valence-corrected chi connectivity index (χ0v) is 11.4. The van der Waals surface area contributed by atoms with Gasteiger partial charge in [0.25, 0.3) is 0 Å². The van der Waals surface area contributed by atoms with Gasteiger partial charge in [-0.2, -0.15) is 0 Å². The van der Waals surface area contributed by atoms with Crippen molar-refractivity contribution >= 4 is 17.3 Å². The van der Waals surface area contributed by atoms with Crippen LogP contribution in [0.5, 0.6) is 0 Å². The molecule has 2 aromatic carbocycles. The number of primary amides is 1. The van der Waals surface area contributed by atoms with Gasteiger partial charge in [0, 0.05) is 11.3 Å². The number of nitrogens with one attached hydrogen (secondary N) is 1. The van der Waals surface area contributed by atoms with E-state index in [-0.39, 0.29) is 11.6 Å². The maximum atomic E-state index is 14.0. The number of benzene rings is 2. The molecule has 4 nitrogen and oxygen atoms in total. The summed E-state index contributed by atoms with van der Waals surface area (Å²) in [6.45, 7) is 0. The van der Waals surface area contributed by atoms with Crippen LogP contribution in [0.2, 0.25) is 0 Å². The van der Waals surface area contributed by atoms with Gasteiger partial charge < -0.3 is 16.8 Å². The average Bonchev–Trinajstić information content (AvgIpc) is 2.83. The van der Waals surface area contributed by atoms with Crippen LogP contribution in [0.3, 0.4) is 0 Å². The van der Waals surface area contributed by atoms with Gasteiger partial charge in [0.1, 0.15) is 5.82 Å². The van der Waals surface area contributed by atoms with Crippen molar-refractivity contribution in [3.8, 4) is 0 Å². The quantitative estimate of drug-likeness (QED) is 0.758. The summed E-state index contributed by atoms with van der Waals surface area (Å²) in [6.07, 6.45) is 1.80. The summed E-state index contributed by atoms with van der Waals surface area (Å²) in [5, 5.41) is 3.18. The number of aryl methyl sites for hydroxylation is 1. The standard InChI is InChI=1S/C16H16FN3O/c17-13-8-10(16(19)21)2-6-15(13)20-14-5-1-9-7-11(18)3-4-12(9)14/h2-4,6-8,14,20H,1,5,18H2,(H2,19,21). The minimum absolute atomic E-state index is 0.0505. The Balaban J connectivity index is 1.84. The first-order valence-electron chi connectivity index (χ1n) is 6.79. The minimum atomic E-state index is -0.637. The maximum Gasteiger partial charge on any atom is 0.248 e. The largest absolute Gasteiger partial charge is 0.399 e. The van der Waals surface area contributed by atoms with Crippen LogP contribution < -0.4 is 16.8 Å². The van der Waals surface area contributed by atoms with Gasteiger partial charge in [-0.3, -0.25) is 4.79 Å². The van der Waals surface area contributed by atoms with Crippen LogP contribution in [0.4, 0.5) is 15.8 Å². The van der Waals surface area contributed by atoms with Crippen molar-refractivity contribution in [3.05, 3.63) is 58.9 Å². The minimum Gasteiger partial charge on any atom is -0.399 e. The molecule has 0 bridgehead atoms. The fourth-order valence-corrected chi connectivity index (χ4v) is 2.76. The molecule has 0 radical (unpaired) electrons. The second-order valence-electron chi connectivity index (χ2n) is 5.25. The molecule has 0 fully saturated rings. The summed E-state index contributed by atoms with van der Waals surface area (Å²) < 4.78 is 14.0. The Kier molecular flexibility index (Phi) is 3.25. The van der Waals surface area contributed by atoms with E-state index in [1.807, 2.05) is 18.2 Å². The number of hydrogen-bond acceptors (Lipinski definition) is 3. The molecule has 21 heavy (non-hydrogen) atoms. The fraction of sp³-hybridized carbons (Fsp3) is 0.188. The van der Waals surface area contributed by atoms with Crippen molar-refractivity contribution in [3.63, 3.8) is 0 Å². The van der Waals surface area contributed by atoms with Crippen molar-refractivity contribution in [2.45, 2.75) is 18.9 Å². The third-order valence-electron chi connectivity index (χ3n) is 3.83. The van der Waals surface area contributed by atoms with E-state index in [4.69, 9.17) is 11.5 Å². The third kappa shape index (κ3) is 2.54. The van der Waals surface area contributed by atoms with Gasteiger partial charge in [-0.05, 0) is 54.3 Å². The number of fused-ring (bicyclic) bond motifs is 1. The van der Waals surface area contributed by atoms with Crippen molar-refractivity contribution in [2.24, 2.45) is 5.73 Å². The Morgan fingerprint density at radius 1 is 1.24 bits per heavy atom. The molecule has 2 aromatic rings. The summed E-state index contributed by atoms with van der Waals surface area (Å²) in [4.78, 5) is 11.0. The maximum absolute atomic E-state index is 14.0. The van der Waals surface area contributed by atoms with Gasteiger partial charge in [-0.1, -0.05) is 6.07 Å². The summed E-state index contributed by atoms with van der Waals surface area (Å²) in [5.41, 5.74) is 14.5. The van der Waals surface area contributed by atoms with E-state index in [2.05, 4.69) is 5.32 Å². The third-order valence-corrected chi connectivity index (χ3v) is 3.83. The van der Waals surface area contributed by atoms with Gasteiger partial charge in [0.05, 0.1) is 11.7 Å². The molecule has 0 saturated heterocycles. The number of nitrogen functional groups attached to an aromatic ring is 1. The van der Waals surface area contributed by atoms with Crippen LogP contribution in [0.1, 0.15) is 33.9 Å². The van der Waals surface area contributed by atoms with Gasteiger partial charge in [-0.15, -0.1) is 0 Å². The molecule has 0 aromatic heterocycles. The Morgan fingerprint density at radius 3 is 2.76 bits per heavy atom. The molecule has 0 spiro atoms. The molecular weight excluding hydrogens is 269 g/mol. The van der Waals surface area contributed by atoms with Crippen molar-refractivity contribution in [1.82, 2.24) is 0 Å². The predicted molar refractivity (Wildman–Crippen MR) is 80.5 cm³/mol. The Labute approximate surface area is 121 Å². The summed E-state index contributed by atoms with van der Waals surface area (Å²) in [7, 11) is 0. The highest BCUT2D eigenvalue weighted by atomic mass is 19.1. The monoisotopic (exact) mass is 285 g/mol. The second-order valence-corrected chi connectivity index (χ2v) is 5.25. The van der Waals surface area contributed by atoms with E-state index < -0.39 is 11.7 Å². The molecule has 1 aliphatic rings. The molecule has 1 aliphatic carbocycles. The first-order chi connectivity index (χ1) is 10.0. The first kappa shape index (κ1) is 13.4. The molecular formula is C16H16FN3O. The second kappa shape index (κ2) is 5.09. The SMILES string of the molecule is NC(=O)c1ccc(NC2CCc3cc(N)ccc32)c(F)c1. The van der Waals surface area contributed by atoms with E-state index in [0.717, 1.165) is 30.2 Å². The van der Waals surface area contributed by atoms with Gasteiger partial charge in [0.2, 0.25) is 5.91 Å². The average molecular weight is 285 g/mol. The molecule has 5 heteroatoms. The predicted octanol–water partition coefficient (Wildman–Crippen LogP) is 2.61. The lowest BCUT2D eigenvalue weighted by atomic mass is 10.1. The van der Waals surface area contributed by atoms with E-state index in [0.29, 0.717) is 5.69 Å². The fourth-order valence-electron chi connectivity index (χ4n) is 2.76. The van der Waals surface area contributed by atoms with Gasteiger partial charge in [-0.25, -0.2) is 4.39 Å². The first-order valence-corrected chi connectivity index (χ1v) is 6.79. The van der Waals surface area contributed by atoms with Crippen molar-refractivity contribution < 1.29 is 9.18 Å².